The highest BCUT2D eigenvalue weighted by Crippen LogP contribution is 2.40. The van der Waals surface area contributed by atoms with E-state index in [2.05, 4.69) is 6.58 Å². The molecule has 0 aliphatic carbocycles. The van der Waals surface area contributed by atoms with E-state index in [1.54, 1.807) is 4.90 Å². The van der Waals surface area contributed by atoms with Crippen LogP contribution in [0.4, 0.5) is 17.6 Å². The Hall–Kier alpha value is -2.38. The Morgan fingerprint density at radius 2 is 1.68 bits per heavy atom. The van der Waals surface area contributed by atoms with Crippen LogP contribution in [-0.2, 0) is 11.0 Å². The van der Waals surface area contributed by atoms with E-state index < -0.39 is 29.0 Å². The third kappa shape index (κ3) is 3.91. The van der Waals surface area contributed by atoms with Crippen molar-refractivity contribution in [3.63, 3.8) is 0 Å². The minimum atomic E-state index is -4.96. The van der Waals surface area contributed by atoms with Gasteiger partial charge in [-0.1, -0.05) is 12.6 Å². The number of piperidine rings is 2. The predicted molar refractivity (Wildman–Crippen MR) is 95.0 cm³/mol. The first kappa shape index (κ1) is 20.4. The van der Waals surface area contributed by atoms with Gasteiger partial charge in [-0.25, -0.2) is 4.39 Å². The molecule has 1 atom stereocenters. The van der Waals surface area contributed by atoms with Crippen LogP contribution in [0.15, 0.2) is 30.9 Å². The van der Waals surface area contributed by atoms with Crippen molar-refractivity contribution in [2.45, 2.75) is 31.9 Å². The summed E-state index contributed by atoms with van der Waals surface area (Å²) in [6.07, 6.45) is -0.761. The van der Waals surface area contributed by atoms with E-state index in [9.17, 15) is 27.2 Å². The van der Waals surface area contributed by atoms with Crippen LogP contribution in [0.1, 0.15) is 41.6 Å². The van der Waals surface area contributed by atoms with Gasteiger partial charge in [0.05, 0.1) is 5.56 Å². The van der Waals surface area contributed by atoms with Crippen molar-refractivity contribution >= 4 is 11.8 Å². The van der Waals surface area contributed by atoms with Crippen LogP contribution in [-0.4, -0.2) is 47.8 Å². The maximum absolute atomic E-state index is 13.9. The second-order valence-corrected chi connectivity index (χ2v) is 7.56. The summed E-state index contributed by atoms with van der Waals surface area (Å²) in [6.45, 7) is 5.10. The molecule has 2 amide bonds. The Morgan fingerprint density at radius 3 is 2.29 bits per heavy atom. The standard InChI is InChI=1S/C20H22F4N2O2/c1-2-16(27)25-10-4-8-19(12-25)9-5-11-26(13-19)18(28)14-6-3-7-15(21)17(14)20(22,23)24/h2-3,6-7H,1,4-5,8-13H2. The van der Waals surface area contributed by atoms with E-state index >= 15 is 0 Å². The number of hydrogen-bond donors (Lipinski definition) is 0. The fourth-order valence-corrected chi connectivity index (χ4v) is 4.40. The fourth-order valence-electron chi connectivity index (χ4n) is 4.40. The molecule has 1 spiro atoms. The van der Waals surface area contributed by atoms with Crippen LogP contribution in [0.3, 0.4) is 0 Å². The van der Waals surface area contributed by atoms with Gasteiger partial charge >= 0.3 is 6.18 Å². The lowest BCUT2D eigenvalue weighted by molar-refractivity contribution is -0.140. The quantitative estimate of drug-likeness (QED) is 0.561. The van der Waals surface area contributed by atoms with E-state index in [0.717, 1.165) is 31.4 Å². The molecule has 4 nitrogen and oxygen atoms in total. The van der Waals surface area contributed by atoms with Crippen LogP contribution in [0, 0.1) is 11.2 Å². The average molecular weight is 398 g/mol. The molecule has 2 aliphatic rings. The van der Waals surface area contributed by atoms with Gasteiger partial charge in [-0.2, -0.15) is 13.2 Å². The number of carbonyl (C=O) groups excluding carboxylic acids is 2. The molecule has 2 aliphatic heterocycles. The van der Waals surface area contributed by atoms with Crippen LogP contribution in [0.2, 0.25) is 0 Å². The minimum Gasteiger partial charge on any atom is -0.339 e. The van der Waals surface area contributed by atoms with Gasteiger partial charge in [-0.05, 0) is 43.9 Å². The highest BCUT2D eigenvalue weighted by Gasteiger charge is 2.44. The summed E-state index contributed by atoms with van der Waals surface area (Å²) in [5, 5.41) is 0. The van der Waals surface area contributed by atoms with Crippen LogP contribution in [0.5, 0.6) is 0 Å². The highest BCUT2D eigenvalue weighted by molar-refractivity contribution is 5.96. The van der Waals surface area contributed by atoms with Crippen LogP contribution < -0.4 is 0 Å². The molecule has 2 heterocycles. The molecule has 8 heteroatoms. The largest absolute Gasteiger partial charge is 0.420 e. The Balaban J connectivity index is 1.86. The number of amides is 2. The molecule has 0 saturated carbocycles. The molecule has 0 aromatic heterocycles. The van der Waals surface area contributed by atoms with Gasteiger partial charge < -0.3 is 9.80 Å². The molecule has 2 saturated heterocycles. The van der Waals surface area contributed by atoms with Crippen molar-refractivity contribution < 1.29 is 27.2 Å². The topological polar surface area (TPSA) is 40.6 Å². The summed E-state index contributed by atoms with van der Waals surface area (Å²) < 4.78 is 53.8. The Bertz CT molecular complexity index is 789. The molecule has 152 valence electrons. The van der Waals surface area contributed by atoms with Crippen molar-refractivity contribution in [1.82, 2.24) is 9.80 Å². The Morgan fingerprint density at radius 1 is 1.07 bits per heavy atom. The predicted octanol–water partition coefficient (Wildman–Crippen LogP) is 3.88. The molecule has 1 unspecified atom stereocenters. The van der Waals surface area contributed by atoms with Gasteiger partial charge in [0.25, 0.3) is 5.91 Å². The van der Waals surface area contributed by atoms with Crippen LogP contribution >= 0.6 is 0 Å². The lowest BCUT2D eigenvalue weighted by Gasteiger charge is -2.48. The smallest absolute Gasteiger partial charge is 0.339 e. The zero-order valence-corrected chi connectivity index (χ0v) is 15.4. The first-order chi connectivity index (χ1) is 13.2. The number of halogens is 4. The second kappa shape index (κ2) is 7.56. The van der Waals surface area contributed by atoms with Gasteiger partial charge in [0.2, 0.25) is 5.91 Å². The minimum absolute atomic E-state index is 0.188. The van der Waals surface area contributed by atoms with Crippen molar-refractivity contribution in [3.05, 3.63) is 47.8 Å². The molecule has 0 radical (unpaired) electrons. The van der Waals surface area contributed by atoms with E-state index in [0.29, 0.717) is 32.1 Å². The van der Waals surface area contributed by atoms with Crippen molar-refractivity contribution in [3.8, 4) is 0 Å². The van der Waals surface area contributed by atoms with E-state index in [1.807, 2.05) is 0 Å². The van der Waals surface area contributed by atoms with E-state index in [-0.39, 0.29) is 17.9 Å². The third-order valence-electron chi connectivity index (χ3n) is 5.62. The lowest BCUT2D eigenvalue weighted by atomic mass is 9.73. The van der Waals surface area contributed by atoms with E-state index in [4.69, 9.17) is 0 Å². The van der Waals surface area contributed by atoms with Gasteiger partial charge in [0.15, 0.2) is 0 Å². The molecular formula is C20H22F4N2O2. The van der Waals surface area contributed by atoms with Gasteiger partial charge in [-0.3, -0.25) is 9.59 Å². The number of rotatable bonds is 2. The number of likely N-dealkylation sites (tertiary alicyclic amines) is 2. The summed E-state index contributed by atoms with van der Waals surface area (Å²) in [6, 6.07) is 2.84. The summed E-state index contributed by atoms with van der Waals surface area (Å²) in [5.74, 6) is -2.46. The SMILES string of the molecule is C=CC(=O)N1CCCC2(CCCN(C(=O)c3cccc(F)c3C(F)(F)F)C2)C1. The summed E-state index contributed by atoms with van der Waals surface area (Å²) in [4.78, 5) is 27.9. The fraction of sp³-hybridized carbons (Fsp3) is 0.500. The first-order valence-corrected chi connectivity index (χ1v) is 9.23. The summed E-state index contributed by atoms with van der Waals surface area (Å²) in [5.41, 5.74) is -2.54. The Kier molecular flexibility index (Phi) is 5.50. The lowest BCUT2D eigenvalue weighted by Crippen LogP contribution is -2.54. The number of alkyl halides is 3. The molecule has 1 aromatic carbocycles. The third-order valence-corrected chi connectivity index (χ3v) is 5.62. The summed E-state index contributed by atoms with van der Waals surface area (Å²) >= 11 is 0. The number of hydrogen-bond acceptors (Lipinski definition) is 2. The molecule has 3 rings (SSSR count). The molecule has 1 aromatic rings. The average Bonchev–Trinajstić information content (AvgIpc) is 2.65. The van der Waals surface area contributed by atoms with Crippen molar-refractivity contribution in [1.29, 1.82) is 0 Å². The van der Waals surface area contributed by atoms with Gasteiger partial charge in [-0.15, -0.1) is 0 Å². The second-order valence-electron chi connectivity index (χ2n) is 7.56. The highest BCUT2D eigenvalue weighted by atomic mass is 19.4. The monoisotopic (exact) mass is 398 g/mol. The normalized spacial score (nSPS) is 23.0. The molecular weight excluding hydrogens is 376 g/mol. The molecule has 0 N–H and O–H groups in total. The molecule has 28 heavy (non-hydrogen) atoms. The number of nitrogens with zero attached hydrogens (tertiary/aromatic N) is 2. The van der Waals surface area contributed by atoms with Crippen molar-refractivity contribution in [2.75, 3.05) is 26.2 Å². The first-order valence-electron chi connectivity index (χ1n) is 9.23. The zero-order chi connectivity index (χ0) is 20.5. The maximum atomic E-state index is 13.9. The van der Waals surface area contributed by atoms with Gasteiger partial charge in [0.1, 0.15) is 11.4 Å². The van der Waals surface area contributed by atoms with Crippen LogP contribution in [0.25, 0.3) is 0 Å². The van der Waals surface area contributed by atoms with Gasteiger partial charge in [0, 0.05) is 31.6 Å². The number of benzene rings is 1. The van der Waals surface area contributed by atoms with Crippen molar-refractivity contribution in [2.24, 2.45) is 5.41 Å². The number of carbonyl (C=O) groups is 2. The zero-order valence-electron chi connectivity index (χ0n) is 15.4. The Labute approximate surface area is 160 Å². The molecule has 2 fully saturated rings. The maximum Gasteiger partial charge on any atom is 0.420 e. The summed E-state index contributed by atoms with van der Waals surface area (Å²) in [7, 11) is 0. The van der Waals surface area contributed by atoms with E-state index in [1.165, 1.54) is 11.0 Å². The molecule has 0 bridgehead atoms.